The zero-order chi connectivity index (χ0) is 17.8. The molecule has 3 rings (SSSR count). The molecule has 0 unspecified atom stereocenters. The number of halogens is 1. The van der Waals surface area contributed by atoms with Gasteiger partial charge in [-0.1, -0.05) is 12.1 Å². The lowest BCUT2D eigenvalue weighted by atomic mass is 10.2. The van der Waals surface area contributed by atoms with Crippen molar-refractivity contribution >= 4 is 29.3 Å². The third-order valence-electron chi connectivity index (χ3n) is 3.69. The Morgan fingerprint density at radius 3 is 2.88 bits per heavy atom. The minimum Gasteiger partial charge on any atom is -0.496 e. The average Bonchev–Trinajstić information content (AvgIpc) is 2.60. The molecule has 0 aromatic heterocycles. The van der Waals surface area contributed by atoms with Crippen LogP contribution in [0, 0.1) is 5.82 Å². The van der Waals surface area contributed by atoms with Gasteiger partial charge in [0.1, 0.15) is 18.2 Å². The van der Waals surface area contributed by atoms with E-state index in [1.165, 1.54) is 37.1 Å². The van der Waals surface area contributed by atoms with E-state index in [9.17, 15) is 14.0 Å². The van der Waals surface area contributed by atoms with Crippen LogP contribution < -0.4 is 10.1 Å². The van der Waals surface area contributed by atoms with Gasteiger partial charge in [0.2, 0.25) is 5.91 Å². The minimum atomic E-state index is -0.559. The van der Waals surface area contributed by atoms with Crippen LogP contribution in [0.25, 0.3) is 0 Å². The highest BCUT2D eigenvalue weighted by Gasteiger charge is 2.29. The molecule has 0 aliphatic carbocycles. The lowest BCUT2D eigenvalue weighted by Crippen LogP contribution is -2.31. The first-order valence-electron chi connectivity index (χ1n) is 7.61. The number of amides is 1. The summed E-state index contributed by atoms with van der Waals surface area (Å²) in [6.45, 7) is -0.116. The van der Waals surface area contributed by atoms with Gasteiger partial charge in [-0.2, -0.15) is 0 Å². The van der Waals surface area contributed by atoms with Crippen LogP contribution in [0.3, 0.4) is 0 Å². The Hall–Kier alpha value is -2.54. The molecule has 7 heteroatoms. The van der Waals surface area contributed by atoms with Crippen molar-refractivity contribution in [3.05, 3.63) is 53.8 Å². The van der Waals surface area contributed by atoms with Crippen molar-refractivity contribution in [3.63, 3.8) is 0 Å². The van der Waals surface area contributed by atoms with E-state index in [1.54, 1.807) is 0 Å². The number of carbonyl (C=O) groups excluding carboxylic acids is 2. The molecule has 0 spiro atoms. The second-order valence-electron chi connectivity index (χ2n) is 5.41. The van der Waals surface area contributed by atoms with E-state index >= 15 is 0 Å². The fourth-order valence-corrected chi connectivity index (χ4v) is 3.55. The highest BCUT2D eigenvalue weighted by Crippen LogP contribution is 2.36. The van der Waals surface area contributed by atoms with Crippen LogP contribution in [0.15, 0.2) is 47.4 Å². The molecule has 0 bridgehead atoms. The first kappa shape index (κ1) is 17.3. The van der Waals surface area contributed by atoms with Crippen molar-refractivity contribution in [3.8, 4) is 5.75 Å². The van der Waals surface area contributed by atoms with Crippen LogP contribution in [-0.4, -0.2) is 24.2 Å². The molecule has 1 atom stereocenters. The van der Waals surface area contributed by atoms with Gasteiger partial charge in [0.05, 0.1) is 24.5 Å². The van der Waals surface area contributed by atoms with E-state index < -0.39 is 17.0 Å². The van der Waals surface area contributed by atoms with Gasteiger partial charge in [-0.3, -0.25) is 9.59 Å². The molecule has 25 heavy (non-hydrogen) atoms. The first-order chi connectivity index (χ1) is 12.1. The number of ether oxygens (including phenoxy) is 2. The Bertz CT molecular complexity index is 811. The number of esters is 1. The Balaban J connectivity index is 1.60. The number of methoxy groups -OCH3 is 1. The summed E-state index contributed by atoms with van der Waals surface area (Å²) in [6, 6.07) is 11.4. The Morgan fingerprint density at radius 2 is 2.08 bits per heavy atom. The van der Waals surface area contributed by atoms with Crippen LogP contribution in [0.5, 0.6) is 5.75 Å². The molecule has 1 heterocycles. The number of para-hydroxylation sites is 1. The zero-order valence-corrected chi connectivity index (χ0v) is 14.3. The van der Waals surface area contributed by atoms with Gasteiger partial charge in [-0.25, -0.2) is 4.39 Å². The maximum absolute atomic E-state index is 13.3. The normalized spacial score (nSPS) is 15.9. The Morgan fingerprint density at radius 1 is 1.28 bits per heavy atom. The molecule has 1 aliphatic rings. The number of benzene rings is 2. The predicted molar refractivity (Wildman–Crippen MR) is 92.1 cm³/mol. The van der Waals surface area contributed by atoms with Gasteiger partial charge < -0.3 is 14.8 Å². The molecule has 0 fully saturated rings. The van der Waals surface area contributed by atoms with Gasteiger partial charge in [-0.15, -0.1) is 11.8 Å². The zero-order valence-electron chi connectivity index (χ0n) is 13.5. The number of thioether (sulfide) groups is 1. The van der Waals surface area contributed by atoms with Crippen LogP contribution in [0.1, 0.15) is 12.0 Å². The summed E-state index contributed by atoms with van der Waals surface area (Å²) in [5, 5.41) is 2.22. The fraction of sp³-hybridized carbons (Fsp3) is 0.222. The van der Waals surface area contributed by atoms with Crippen molar-refractivity contribution in [2.24, 2.45) is 0 Å². The molecule has 0 radical (unpaired) electrons. The number of fused-ring (bicyclic) bond motifs is 1. The quantitative estimate of drug-likeness (QED) is 0.827. The highest BCUT2D eigenvalue weighted by atomic mass is 32.2. The molecular weight excluding hydrogens is 345 g/mol. The molecule has 5 nitrogen and oxygen atoms in total. The van der Waals surface area contributed by atoms with E-state index in [1.807, 2.05) is 24.3 Å². The van der Waals surface area contributed by atoms with Crippen LogP contribution in [-0.2, 0) is 20.9 Å². The summed E-state index contributed by atoms with van der Waals surface area (Å²) in [5.41, 5.74) is 1.17. The van der Waals surface area contributed by atoms with Gasteiger partial charge in [0, 0.05) is 10.5 Å². The van der Waals surface area contributed by atoms with E-state index in [-0.39, 0.29) is 18.9 Å². The summed E-state index contributed by atoms with van der Waals surface area (Å²) in [5.74, 6) is -0.763. The van der Waals surface area contributed by atoms with Crippen LogP contribution in [0.4, 0.5) is 10.1 Å². The second kappa shape index (κ2) is 7.57. The summed E-state index contributed by atoms with van der Waals surface area (Å²) in [4.78, 5) is 25.1. The smallest absolute Gasteiger partial charge is 0.307 e. The number of carbonyl (C=O) groups is 2. The van der Waals surface area contributed by atoms with Gasteiger partial charge in [0.15, 0.2) is 0 Å². The molecule has 1 N–H and O–H groups in total. The maximum Gasteiger partial charge on any atom is 0.307 e. The number of rotatable bonds is 5. The van der Waals surface area contributed by atoms with Gasteiger partial charge >= 0.3 is 5.97 Å². The molecule has 2 aromatic rings. The standard InChI is InChI=1S/C18H16FNO4S/c1-23-14-7-6-12(19)8-11(14)10-24-17(21)9-16-18(22)20-13-4-2-3-5-15(13)25-16/h2-8,16H,9-10H2,1H3,(H,20,22)/t16-/m1/s1. The number of hydrogen-bond acceptors (Lipinski definition) is 5. The molecule has 0 saturated heterocycles. The average molecular weight is 361 g/mol. The summed E-state index contributed by atoms with van der Waals surface area (Å²) in [7, 11) is 1.46. The van der Waals surface area contributed by atoms with Crippen molar-refractivity contribution in [1.29, 1.82) is 0 Å². The number of nitrogens with one attached hydrogen (secondary N) is 1. The topological polar surface area (TPSA) is 64.6 Å². The largest absolute Gasteiger partial charge is 0.496 e. The molecule has 2 aromatic carbocycles. The molecule has 1 aliphatic heterocycles. The Labute approximate surface area is 148 Å². The fourth-order valence-electron chi connectivity index (χ4n) is 2.46. The van der Waals surface area contributed by atoms with E-state index in [2.05, 4.69) is 5.32 Å². The van der Waals surface area contributed by atoms with Gasteiger partial charge in [-0.05, 0) is 30.3 Å². The van der Waals surface area contributed by atoms with Crippen molar-refractivity contribution in [1.82, 2.24) is 0 Å². The summed E-state index contributed by atoms with van der Waals surface area (Å²) < 4.78 is 23.6. The van der Waals surface area contributed by atoms with E-state index in [4.69, 9.17) is 9.47 Å². The van der Waals surface area contributed by atoms with E-state index in [0.29, 0.717) is 11.3 Å². The van der Waals surface area contributed by atoms with Crippen LogP contribution >= 0.6 is 11.8 Å². The maximum atomic E-state index is 13.3. The number of hydrogen-bond donors (Lipinski definition) is 1. The molecule has 1 amide bonds. The second-order valence-corrected chi connectivity index (χ2v) is 6.66. The van der Waals surface area contributed by atoms with Crippen molar-refractivity contribution < 1.29 is 23.5 Å². The lowest BCUT2D eigenvalue weighted by molar-refractivity contribution is -0.145. The lowest BCUT2D eigenvalue weighted by Gasteiger charge is -2.23. The highest BCUT2D eigenvalue weighted by molar-refractivity contribution is 8.01. The Kier molecular flexibility index (Phi) is 5.23. The molecular formula is C18H16FNO4S. The minimum absolute atomic E-state index is 0.0670. The van der Waals surface area contributed by atoms with Gasteiger partial charge in [0.25, 0.3) is 0 Å². The van der Waals surface area contributed by atoms with Crippen LogP contribution in [0.2, 0.25) is 0 Å². The third kappa shape index (κ3) is 4.11. The summed E-state index contributed by atoms with van der Waals surface area (Å²) in [6.07, 6.45) is -0.0670. The molecule has 130 valence electrons. The SMILES string of the molecule is COc1ccc(F)cc1COC(=O)C[C@H]1Sc2ccccc2NC1=O. The molecule has 0 saturated carbocycles. The van der Waals surface area contributed by atoms with Crippen molar-refractivity contribution in [2.75, 3.05) is 12.4 Å². The monoisotopic (exact) mass is 361 g/mol. The van der Waals surface area contributed by atoms with Crippen molar-refractivity contribution in [2.45, 2.75) is 23.2 Å². The number of anilines is 1. The van der Waals surface area contributed by atoms with E-state index in [0.717, 1.165) is 10.6 Å². The summed E-state index contributed by atoms with van der Waals surface area (Å²) >= 11 is 1.33. The first-order valence-corrected chi connectivity index (χ1v) is 8.49. The predicted octanol–water partition coefficient (Wildman–Crippen LogP) is 3.38. The third-order valence-corrected chi connectivity index (χ3v) is 4.96.